The van der Waals surface area contributed by atoms with Crippen LogP contribution in [-0.2, 0) is 13.0 Å². The van der Waals surface area contributed by atoms with Gasteiger partial charge in [-0.1, -0.05) is 48.0 Å². The van der Waals surface area contributed by atoms with Crippen LogP contribution in [0.5, 0.6) is 0 Å². The van der Waals surface area contributed by atoms with Gasteiger partial charge in [0.25, 0.3) is 5.91 Å². The van der Waals surface area contributed by atoms with Crippen LogP contribution in [-0.4, -0.2) is 17.0 Å². The number of amides is 1. The molecule has 0 spiro atoms. The minimum absolute atomic E-state index is 0.103. The average molecular weight is 393 g/mol. The van der Waals surface area contributed by atoms with E-state index in [2.05, 4.69) is 24.4 Å². The van der Waals surface area contributed by atoms with E-state index in [4.69, 9.17) is 16.0 Å². The third-order valence-corrected chi connectivity index (χ3v) is 5.21. The van der Waals surface area contributed by atoms with Crippen LogP contribution >= 0.6 is 11.6 Å². The van der Waals surface area contributed by atoms with Gasteiger partial charge < -0.3 is 14.3 Å². The molecule has 0 saturated carbocycles. The molecule has 2 heterocycles. The predicted octanol–water partition coefficient (Wildman–Crippen LogP) is 5.22. The molecule has 0 saturated heterocycles. The normalized spacial score (nSPS) is 11.1. The Kier molecular flexibility index (Phi) is 5.22. The zero-order valence-corrected chi connectivity index (χ0v) is 16.4. The second-order valence-corrected chi connectivity index (χ2v) is 7.28. The van der Waals surface area contributed by atoms with Crippen molar-refractivity contribution in [3.05, 3.63) is 94.3 Å². The molecule has 4 rings (SSSR count). The van der Waals surface area contributed by atoms with Crippen molar-refractivity contribution in [2.45, 2.75) is 19.9 Å². The lowest BCUT2D eigenvalue weighted by molar-refractivity contribution is 0.0945. The molecule has 0 bridgehead atoms. The van der Waals surface area contributed by atoms with Gasteiger partial charge in [-0.2, -0.15) is 0 Å². The first kappa shape index (κ1) is 18.4. The SMILES string of the molecule is Cc1ccccc1Cn1c(C(=O)NCCc2ccc(Cl)cc2)cc2occc21. The Morgan fingerprint density at radius 1 is 1.11 bits per heavy atom. The summed E-state index contributed by atoms with van der Waals surface area (Å²) < 4.78 is 7.54. The van der Waals surface area contributed by atoms with Crippen molar-refractivity contribution in [2.75, 3.05) is 6.54 Å². The molecule has 28 heavy (non-hydrogen) atoms. The quantitative estimate of drug-likeness (QED) is 0.489. The molecular weight excluding hydrogens is 372 g/mol. The van der Waals surface area contributed by atoms with Gasteiger partial charge in [-0.3, -0.25) is 4.79 Å². The maximum atomic E-state index is 12.9. The molecule has 0 aliphatic carbocycles. The lowest BCUT2D eigenvalue weighted by Crippen LogP contribution is -2.28. The lowest BCUT2D eigenvalue weighted by Gasteiger charge is -2.12. The van der Waals surface area contributed by atoms with Crippen LogP contribution in [0, 0.1) is 6.92 Å². The van der Waals surface area contributed by atoms with Crippen molar-refractivity contribution < 1.29 is 9.21 Å². The third kappa shape index (κ3) is 3.82. The Morgan fingerprint density at radius 3 is 2.68 bits per heavy atom. The van der Waals surface area contributed by atoms with Gasteiger partial charge in [0.05, 0.1) is 11.8 Å². The molecule has 0 radical (unpaired) electrons. The van der Waals surface area contributed by atoms with Crippen LogP contribution in [0.4, 0.5) is 0 Å². The molecule has 4 aromatic rings. The number of benzene rings is 2. The molecule has 4 nitrogen and oxygen atoms in total. The lowest BCUT2D eigenvalue weighted by atomic mass is 10.1. The van der Waals surface area contributed by atoms with Crippen LogP contribution < -0.4 is 5.32 Å². The van der Waals surface area contributed by atoms with Gasteiger partial charge in [0, 0.05) is 30.2 Å². The Morgan fingerprint density at radius 2 is 1.89 bits per heavy atom. The van der Waals surface area contributed by atoms with Crippen LogP contribution in [0.15, 0.2) is 71.3 Å². The molecular formula is C23H21ClN2O2. The standard InChI is InChI=1S/C23H21ClN2O2/c1-16-4-2-3-5-18(16)15-26-20-11-13-28-22(20)14-21(26)23(27)25-12-10-17-6-8-19(24)9-7-17/h2-9,11,13-14H,10,12,15H2,1H3,(H,25,27). The predicted molar refractivity (Wildman–Crippen MR) is 112 cm³/mol. The minimum Gasteiger partial charge on any atom is -0.463 e. The first-order valence-corrected chi connectivity index (χ1v) is 9.63. The summed E-state index contributed by atoms with van der Waals surface area (Å²) in [5, 5.41) is 3.73. The molecule has 5 heteroatoms. The molecule has 0 aliphatic rings. The Bertz CT molecular complexity index is 1110. The summed E-state index contributed by atoms with van der Waals surface area (Å²) in [7, 11) is 0. The number of carbonyl (C=O) groups excluding carboxylic acids is 1. The van der Waals surface area contributed by atoms with E-state index in [1.807, 2.05) is 53.1 Å². The van der Waals surface area contributed by atoms with E-state index in [-0.39, 0.29) is 5.91 Å². The number of hydrogen-bond donors (Lipinski definition) is 1. The zero-order valence-electron chi connectivity index (χ0n) is 15.6. The second-order valence-electron chi connectivity index (χ2n) is 6.84. The number of carbonyl (C=O) groups is 1. The van der Waals surface area contributed by atoms with E-state index < -0.39 is 0 Å². The Labute approximate surface area is 168 Å². The van der Waals surface area contributed by atoms with Crippen molar-refractivity contribution in [1.29, 1.82) is 0 Å². The summed E-state index contributed by atoms with van der Waals surface area (Å²) in [5.74, 6) is -0.103. The highest BCUT2D eigenvalue weighted by atomic mass is 35.5. The molecule has 0 unspecified atom stereocenters. The number of halogens is 1. The number of nitrogens with zero attached hydrogens (tertiary/aromatic N) is 1. The van der Waals surface area contributed by atoms with Crippen molar-refractivity contribution in [1.82, 2.24) is 9.88 Å². The van der Waals surface area contributed by atoms with E-state index in [0.29, 0.717) is 23.8 Å². The topological polar surface area (TPSA) is 47.2 Å². The molecule has 0 fully saturated rings. The summed E-state index contributed by atoms with van der Waals surface area (Å²) in [4.78, 5) is 12.9. The summed E-state index contributed by atoms with van der Waals surface area (Å²) in [6.07, 6.45) is 2.40. The highest BCUT2D eigenvalue weighted by Gasteiger charge is 2.18. The molecule has 1 N–H and O–H groups in total. The fourth-order valence-electron chi connectivity index (χ4n) is 3.36. The van der Waals surface area contributed by atoms with Crippen molar-refractivity contribution in [2.24, 2.45) is 0 Å². The number of rotatable bonds is 6. The fourth-order valence-corrected chi connectivity index (χ4v) is 3.48. The van der Waals surface area contributed by atoms with Gasteiger partial charge in [0.2, 0.25) is 0 Å². The maximum absolute atomic E-state index is 12.9. The van der Waals surface area contributed by atoms with Crippen LogP contribution in [0.25, 0.3) is 11.1 Å². The highest BCUT2D eigenvalue weighted by molar-refractivity contribution is 6.30. The van der Waals surface area contributed by atoms with Gasteiger partial charge in [0.15, 0.2) is 5.58 Å². The van der Waals surface area contributed by atoms with E-state index in [9.17, 15) is 4.79 Å². The monoisotopic (exact) mass is 392 g/mol. The number of hydrogen-bond acceptors (Lipinski definition) is 2. The van der Waals surface area contributed by atoms with E-state index in [1.54, 1.807) is 6.26 Å². The highest BCUT2D eigenvalue weighted by Crippen LogP contribution is 2.23. The molecule has 0 atom stereocenters. The van der Waals surface area contributed by atoms with Gasteiger partial charge >= 0.3 is 0 Å². The van der Waals surface area contributed by atoms with Crippen LogP contribution in [0.1, 0.15) is 27.2 Å². The Hall–Kier alpha value is -2.98. The Balaban J connectivity index is 1.52. The number of aromatic nitrogens is 1. The fraction of sp³-hybridized carbons (Fsp3) is 0.174. The molecule has 2 aromatic carbocycles. The molecule has 1 amide bonds. The van der Waals surface area contributed by atoms with E-state index in [0.717, 1.165) is 23.1 Å². The van der Waals surface area contributed by atoms with Crippen molar-refractivity contribution in [3.8, 4) is 0 Å². The van der Waals surface area contributed by atoms with E-state index >= 15 is 0 Å². The number of aryl methyl sites for hydroxylation is 1. The van der Waals surface area contributed by atoms with E-state index in [1.165, 1.54) is 11.1 Å². The molecule has 142 valence electrons. The summed E-state index contributed by atoms with van der Waals surface area (Å²) in [5.41, 5.74) is 5.75. The largest absolute Gasteiger partial charge is 0.463 e. The molecule has 0 aliphatic heterocycles. The van der Waals surface area contributed by atoms with Crippen LogP contribution in [0.2, 0.25) is 5.02 Å². The van der Waals surface area contributed by atoms with Gasteiger partial charge in [-0.05, 0) is 42.2 Å². The second kappa shape index (κ2) is 7.95. The zero-order chi connectivity index (χ0) is 19.5. The minimum atomic E-state index is -0.103. The molecule has 2 aromatic heterocycles. The third-order valence-electron chi connectivity index (χ3n) is 4.96. The maximum Gasteiger partial charge on any atom is 0.268 e. The van der Waals surface area contributed by atoms with Gasteiger partial charge in [-0.15, -0.1) is 0 Å². The van der Waals surface area contributed by atoms with Crippen molar-refractivity contribution in [3.63, 3.8) is 0 Å². The number of nitrogens with one attached hydrogen (secondary N) is 1. The average Bonchev–Trinajstić information content (AvgIpc) is 3.27. The first-order valence-electron chi connectivity index (χ1n) is 9.26. The summed E-state index contributed by atoms with van der Waals surface area (Å²) in [6.45, 7) is 3.25. The smallest absolute Gasteiger partial charge is 0.268 e. The van der Waals surface area contributed by atoms with Gasteiger partial charge in [-0.25, -0.2) is 0 Å². The van der Waals surface area contributed by atoms with Crippen LogP contribution in [0.3, 0.4) is 0 Å². The van der Waals surface area contributed by atoms with Crippen molar-refractivity contribution >= 4 is 28.6 Å². The summed E-state index contributed by atoms with van der Waals surface area (Å²) >= 11 is 5.92. The van der Waals surface area contributed by atoms with Gasteiger partial charge in [0.1, 0.15) is 5.69 Å². The number of furan rings is 1. The number of fused-ring (bicyclic) bond motifs is 1. The summed E-state index contributed by atoms with van der Waals surface area (Å²) in [6, 6.07) is 19.6. The first-order chi connectivity index (χ1) is 13.6.